The van der Waals surface area contributed by atoms with Gasteiger partial charge >= 0.3 is 0 Å². The van der Waals surface area contributed by atoms with Crippen LogP contribution >= 0.6 is 0 Å². The van der Waals surface area contributed by atoms with Crippen LogP contribution in [0.25, 0.3) is 0 Å². The fourth-order valence-corrected chi connectivity index (χ4v) is 0.439. The molecular formula is C7H16NO. The van der Waals surface area contributed by atoms with Gasteiger partial charge in [-0.2, -0.15) is 0 Å². The van der Waals surface area contributed by atoms with Gasteiger partial charge in [0.05, 0.1) is 6.61 Å². The quantitative estimate of drug-likeness (QED) is 0.448. The highest BCUT2D eigenvalue weighted by Gasteiger charge is 1.91. The van der Waals surface area contributed by atoms with E-state index in [0.717, 1.165) is 18.9 Å². The summed E-state index contributed by atoms with van der Waals surface area (Å²) >= 11 is 0. The van der Waals surface area contributed by atoms with E-state index in [1.165, 1.54) is 0 Å². The Hall–Kier alpha value is -0.0800. The molecule has 0 aliphatic heterocycles. The van der Waals surface area contributed by atoms with Crippen LogP contribution in [0.15, 0.2) is 0 Å². The van der Waals surface area contributed by atoms with Gasteiger partial charge in [0.1, 0.15) is 0 Å². The highest BCUT2D eigenvalue weighted by atomic mass is 16.6. The standard InChI is InChI=1S/C7H16NO/c1-4-8-9-6-5-7(2)3/h7-8H,1,4-6H2,2-3H3. The fraction of sp³-hybridized carbons (Fsp3) is 0.857. The molecule has 0 atom stereocenters. The second-order valence-corrected chi connectivity index (χ2v) is 2.43. The van der Waals surface area contributed by atoms with Crippen LogP contribution in [-0.2, 0) is 4.84 Å². The Morgan fingerprint density at radius 2 is 2.22 bits per heavy atom. The Kier molecular flexibility index (Phi) is 5.99. The molecule has 0 aromatic heterocycles. The van der Waals surface area contributed by atoms with Gasteiger partial charge < -0.3 is 4.84 Å². The molecule has 1 N–H and O–H groups in total. The maximum atomic E-state index is 4.98. The van der Waals surface area contributed by atoms with Crippen molar-refractivity contribution in [2.24, 2.45) is 5.92 Å². The molecule has 0 heterocycles. The van der Waals surface area contributed by atoms with Crippen molar-refractivity contribution in [2.45, 2.75) is 20.3 Å². The van der Waals surface area contributed by atoms with E-state index in [9.17, 15) is 0 Å². The van der Waals surface area contributed by atoms with Crippen LogP contribution in [0.1, 0.15) is 20.3 Å². The molecule has 0 unspecified atom stereocenters. The maximum Gasteiger partial charge on any atom is 0.0684 e. The van der Waals surface area contributed by atoms with Crippen molar-refractivity contribution >= 4 is 0 Å². The predicted molar refractivity (Wildman–Crippen MR) is 38.8 cm³/mol. The number of hydroxylamine groups is 1. The highest BCUT2D eigenvalue weighted by molar-refractivity contribution is 4.41. The van der Waals surface area contributed by atoms with Crippen molar-refractivity contribution in [3.63, 3.8) is 0 Å². The summed E-state index contributed by atoms with van der Waals surface area (Å²) in [6.07, 6.45) is 1.10. The van der Waals surface area contributed by atoms with E-state index in [1.54, 1.807) is 0 Å². The third-order valence-corrected chi connectivity index (χ3v) is 1.00. The van der Waals surface area contributed by atoms with Crippen LogP contribution in [0.4, 0.5) is 0 Å². The Bertz CT molecular complexity index is 54.9. The molecule has 0 saturated heterocycles. The first-order valence-corrected chi connectivity index (χ1v) is 3.41. The Labute approximate surface area is 57.5 Å². The van der Waals surface area contributed by atoms with E-state index in [-0.39, 0.29) is 0 Å². The molecule has 0 aliphatic rings. The SMILES string of the molecule is [CH2]CNOCCC(C)C. The van der Waals surface area contributed by atoms with Crippen molar-refractivity contribution in [2.75, 3.05) is 13.2 Å². The molecule has 55 valence electrons. The van der Waals surface area contributed by atoms with E-state index in [2.05, 4.69) is 26.3 Å². The third kappa shape index (κ3) is 7.92. The van der Waals surface area contributed by atoms with Gasteiger partial charge in [0, 0.05) is 6.54 Å². The van der Waals surface area contributed by atoms with E-state index < -0.39 is 0 Å². The minimum absolute atomic E-state index is 0.637. The highest BCUT2D eigenvalue weighted by Crippen LogP contribution is 1.97. The number of nitrogens with one attached hydrogen (secondary N) is 1. The lowest BCUT2D eigenvalue weighted by molar-refractivity contribution is 0.0412. The maximum absolute atomic E-state index is 4.98. The van der Waals surface area contributed by atoms with Gasteiger partial charge in [-0.1, -0.05) is 13.8 Å². The summed E-state index contributed by atoms with van der Waals surface area (Å²) in [5.74, 6) is 0.719. The molecule has 0 rings (SSSR count). The van der Waals surface area contributed by atoms with Crippen LogP contribution in [-0.4, -0.2) is 13.2 Å². The monoisotopic (exact) mass is 130 g/mol. The van der Waals surface area contributed by atoms with Gasteiger partial charge in [0.25, 0.3) is 0 Å². The van der Waals surface area contributed by atoms with E-state index in [0.29, 0.717) is 6.54 Å². The molecule has 0 aliphatic carbocycles. The number of rotatable bonds is 5. The van der Waals surface area contributed by atoms with E-state index >= 15 is 0 Å². The summed E-state index contributed by atoms with van der Waals surface area (Å²) in [4.78, 5) is 4.98. The van der Waals surface area contributed by atoms with E-state index in [1.807, 2.05) is 0 Å². The Balaban J connectivity index is 2.75. The zero-order valence-electron chi connectivity index (χ0n) is 6.31. The molecule has 0 aromatic rings. The normalized spacial score (nSPS) is 10.7. The second kappa shape index (κ2) is 6.05. The summed E-state index contributed by atoms with van der Waals surface area (Å²) in [7, 11) is 0. The first-order chi connectivity index (χ1) is 4.27. The predicted octanol–water partition coefficient (Wildman–Crippen LogP) is 1.39. The van der Waals surface area contributed by atoms with Crippen molar-refractivity contribution in [1.82, 2.24) is 5.48 Å². The van der Waals surface area contributed by atoms with Crippen LogP contribution in [0.3, 0.4) is 0 Å². The third-order valence-electron chi connectivity index (χ3n) is 1.00. The molecule has 0 amide bonds. The van der Waals surface area contributed by atoms with Gasteiger partial charge in [-0.3, -0.25) is 0 Å². The van der Waals surface area contributed by atoms with Crippen LogP contribution in [0.2, 0.25) is 0 Å². The summed E-state index contributed by atoms with van der Waals surface area (Å²) < 4.78 is 0. The first-order valence-electron chi connectivity index (χ1n) is 3.41. The van der Waals surface area contributed by atoms with Crippen molar-refractivity contribution in [3.8, 4) is 0 Å². The minimum atomic E-state index is 0.637. The zero-order chi connectivity index (χ0) is 7.11. The average molecular weight is 130 g/mol. The summed E-state index contributed by atoms with van der Waals surface area (Å²) in [6.45, 7) is 9.34. The van der Waals surface area contributed by atoms with Gasteiger partial charge in [-0.15, -0.1) is 0 Å². The lowest BCUT2D eigenvalue weighted by Crippen LogP contribution is -2.15. The molecule has 9 heavy (non-hydrogen) atoms. The molecule has 2 heteroatoms. The van der Waals surface area contributed by atoms with Crippen LogP contribution < -0.4 is 5.48 Å². The van der Waals surface area contributed by atoms with Crippen LogP contribution in [0, 0.1) is 12.8 Å². The molecule has 0 spiro atoms. The van der Waals surface area contributed by atoms with Gasteiger partial charge in [0.15, 0.2) is 0 Å². The van der Waals surface area contributed by atoms with Crippen molar-refractivity contribution in [3.05, 3.63) is 6.92 Å². The Morgan fingerprint density at radius 1 is 1.56 bits per heavy atom. The minimum Gasteiger partial charge on any atom is -0.302 e. The molecule has 2 nitrogen and oxygen atoms in total. The summed E-state index contributed by atoms with van der Waals surface area (Å²) in [5.41, 5.74) is 2.69. The summed E-state index contributed by atoms with van der Waals surface area (Å²) in [6, 6.07) is 0. The molecule has 0 fully saturated rings. The number of hydrogen-bond donors (Lipinski definition) is 1. The molecule has 0 bridgehead atoms. The largest absolute Gasteiger partial charge is 0.302 e. The van der Waals surface area contributed by atoms with Crippen molar-refractivity contribution < 1.29 is 4.84 Å². The molecular weight excluding hydrogens is 114 g/mol. The second-order valence-electron chi connectivity index (χ2n) is 2.43. The summed E-state index contributed by atoms with van der Waals surface area (Å²) in [5, 5.41) is 0. The number of hydrogen-bond acceptors (Lipinski definition) is 2. The average Bonchev–Trinajstić information content (AvgIpc) is 1.80. The lowest BCUT2D eigenvalue weighted by Gasteiger charge is -2.04. The molecule has 1 radical (unpaired) electrons. The fourth-order valence-electron chi connectivity index (χ4n) is 0.439. The zero-order valence-corrected chi connectivity index (χ0v) is 6.31. The first kappa shape index (κ1) is 8.92. The van der Waals surface area contributed by atoms with E-state index in [4.69, 9.17) is 4.84 Å². The topological polar surface area (TPSA) is 21.3 Å². The van der Waals surface area contributed by atoms with Gasteiger partial charge in [-0.25, -0.2) is 5.48 Å². The Morgan fingerprint density at radius 3 is 2.67 bits per heavy atom. The molecule has 0 saturated carbocycles. The van der Waals surface area contributed by atoms with Crippen molar-refractivity contribution in [1.29, 1.82) is 0 Å². The van der Waals surface area contributed by atoms with Gasteiger partial charge in [-0.05, 0) is 19.3 Å². The van der Waals surface area contributed by atoms with Crippen LogP contribution in [0.5, 0.6) is 0 Å². The van der Waals surface area contributed by atoms with Gasteiger partial charge in [0.2, 0.25) is 0 Å². The molecule has 0 aromatic carbocycles. The smallest absolute Gasteiger partial charge is 0.0684 e. The lowest BCUT2D eigenvalue weighted by atomic mass is 10.1.